The van der Waals surface area contributed by atoms with Gasteiger partial charge in [0.05, 0.1) is 12.2 Å². The quantitative estimate of drug-likeness (QED) is 0.702. The first-order valence-corrected chi connectivity index (χ1v) is 10.7. The Labute approximate surface area is 180 Å². The van der Waals surface area contributed by atoms with Gasteiger partial charge in [0.25, 0.3) is 0 Å². The van der Waals surface area contributed by atoms with Gasteiger partial charge in [0.1, 0.15) is 0 Å². The van der Waals surface area contributed by atoms with Crippen molar-refractivity contribution in [2.24, 2.45) is 0 Å². The van der Waals surface area contributed by atoms with Crippen LogP contribution in [0.2, 0.25) is 0 Å². The van der Waals surface area contributed by atoms with Gasteiger partial charge in [-0.05, 0) is 37.1 Å². The van der Waals surface area contributed by atoms with Crippen molar-refractivity contribution in [2.45, 2.75) is 39.1 Å². The van der Waals surface area contributed by atoms with E-state index in [9.17, 15) is 4.79 Å². The highest BCUT2D eigenvalue weighted by Gasteiger charge is 2.21. The number of urea groups is 1. The van der Waals surface area contributed by atoms with Crippen molar-refractivity contribution in [3.63, 3.8) is 0 Å². The van der Waals surface area contributed by atoms with Crippen molar-refractivity contribution in [3.05, 3.63) is 65.7 Å². The van der Waals surface area contributed by atoms with Gasteiger partial charge in [0.15, 0.2) is 0 Å². The number of hydrogen-bond donors (Lipinski definition) is 2. The van der Waals surface area contributed by atoms with E-state index in [-0.39, 0.29) is 18.2 Å². The van der Waals surface area contributed by atoms with Gasteiger partial charge in [-0.25, -0.2) is 4.79 Å². The minimum Gasteiger partial charge on any atom is -0.373 e. The van der Waals surface area contributed by atoms with Crippen LogP contribution in [0.3, 0.4) is 0 Å². The Morgan fingerprint density at radius 3 is 2.30 bits per heavy atom. The van der Waals surface area contributed by atoms with E-state index in [1.165, 1.54) is 5.56 Å². The maximum atomic E-state index is 12.1. The van der Waals surface area contributed by atoms with Crippen LogP contribution in [0.1, 0.15) is 25.0 Å². The molecule has 1 aliphatic rings. The first-order valence-electron chi connectivity index (χ1n) is 10.7. The monoisotopic (exact) mass is 410 g/mol. The summed E-state index contributed by atoms with van der Waals surface area (Å²) < 4.78 is 5.80. The van der Waals surface area contributed by atoms with Gasteiger partial charge in [-0.1, -0.05) is 42.5 Å². The van der Waals surface area contributed by atoms with Crippen molar-refractivity contribution in [1.29, 1.82) is 0 Å². The zero-order valence-electron chi connectivity index (χ0n) is 18.3. The van der Waals surface area contributed by atoms with Crippen LogP contribution in [0, 0.1) is 0 Å². The molecule has 2 atom stereocenters. The van der Waals surface area contributed by atoms with Crippen molar-refractivity contribution in [2.75, 3.05) is 38.1 Å². The number of carbonyl (C=O) groups is 1. The molecule has 6 nitrogen and oxygen atoms in total. The third kappa shape index (κ3) is 7.04. The second-order valence-corrected chi connectivity index (χ2v) is 8.13. The summed E-state index contributed by atoms with van der Waals surface area (Å²) in [5.41, 5.74) is 3.52. The van der Waals surface area contributed by atoms with Crippen LogP contribution in [-0.4, -0.2) is 56.4 Å². The molecule has 1 saturated heterocycles. The fourth-order valence-corrected chi connectivity index (χ4v) is 3.83. The Bertz CT molecular complexity index is 772. The molecular formula is C24H34N4O2. The van der Waals surface area contributed by atoms with Crippen LogP contribution >= 0.6 is 0 Å². The Balaban J connectivity index is 1.35. The van der Waals surface area contributed by atoms with Crippen LogP contribution in [0.5, 0.6) is 0 Å². The van der Waals surface area contributed by atoms with Crippen molar-refractivity contribution < 1.29 is 9.53 Å². The van der Waals surface area contributed by atoms with Crippen molar-refractivity contribution >= 4 is 11.7 Å². The highest BCUT2D eigenvalue weighted by Crippen LogP contribution is 2.15. The van der Waals surface area contributed by atoms with E-state index in [0.717, 1.165) is 37.4 Å². The largest absolute Gasteiger partial charge is 0.373 e. The minimum atomic E-state index is -0.142. The Morgan fingerprint density at radius 2 is 1.63 bits per heavy atom. The Morgan fingerprint density at radius 1 is 1.00 bits per heavy atom. The van der Waals surface area contributed by atoms with Crippen LogP contribution < -0.4 is 15.5 Å². The normalized spacial score (nSPS) is 19.3. The van der Waals surface area contributed by atoms with E-state index in [1.54, 1.807) is 0 Å². The molecule has 2 aromatic carbocycles. The van der Waals surface area contributed by atoms with Crippen molar-refractivity contribution in [1.82, 2.24) is 15.5 Å². The summed E-state index contributed by atoms with van der Waals surface area (Å²) in [5, 5.41) is 5.85. The lowest BCUT2D eigenvalue weighted by molar-refractivity contribution is -0.0704. The summed E-state index contributed by atoms with van der Waals surface area (Å²) >= 11 is 0. The number of hydrogen-bond acceptors (Lipinski definition) is 4. The SMILES string of the molecule is CC1CN(Cc2ccc(CNC(=O)NCCN(C)c3ccccc3)cc2)CC(C)O1. The fraction of sp³-hybridized carbons (Fsp3) is 0.458. The summed E-state index contributed by atoms with van der Waals surface area (Å²) in [6.45, 7) is 8.98. The molecule has 0 bridgehead atoms. The van der Waals surface area contributed by atoms with E-state index in [4.69, 9.17) is 4.74 Å². The van der Waals surface area contributed by atoms with E-state index >= 15 is 0 Å². The zero-order valence-corrected chi connectivity index (χ0v) is 18.3. The summed E-state index contributed by atoms with van der Waals surface area (Å²) in [7, 11) is 2.02. The summed E-state index contributed by atoms with van der Waals surface area (Å²) in [6.07, 6.45) is 0.562. The Hall–Kier alpha value is -2.57. The smallest absolute Gasteiger partial charge is 0.315 e. The zero-order chi connectivity index (χ0) is 21.3. The van der Waals surface area contributed by atoms with Crippen LogP contribution in [0.15, 0.2) is 54.6 Å². The first kappa shape index (κ1) is 22.1. The molecule has 2 unspecified atom stereocenters. The third-order valence-corrected chi connectivity index (χ3v) is 5.31. The summed E-state index contributed by atoms with van der Waals surface area (Å²) in [6, 6.07) is 18.5. The number of benzene rings is 2. The molecule has 0 saturated carbocycles. The average Bonchev–Trinajstić information content (AvgIpc) is 2.73. The molecule has 2 amide bonds. The second-order valence-electron chi connectivity index (χ2n) is 8.13. The van der Waals surface area contributed by atoms with Crippen LogP contribution in [0.25, 0.3) is 0 Å². The molecule has 2 aromatic rings. The maximum Gasteiger partial charge on any atom is 0.315 e. The molecule has 2 N–H and O–H groups in total. The number of para-hydroxylation sites is 1. The molecule has 162 valence electrons. The van der Waals surface area contributed by atoms with Gasteiger partial charge in [-0.2, -0.15) is 0 Å². The predicted octanol–water partition coefficient (Wildman–Crippen LogP) is 3.23. The fourth-order valence-electron chi connectivity index (χ4n) is 3.83. The lowest BCUT2D eigenvalue weighted by Crippen LogP contribution is -2.44. The predicted molar refractivity (Wildman–Crippen MR) is 122 cm³/mol. The van der Waals surface area contributed by atoms with Crippen LogP contribution in [-0.2, 0) is 17.8 Å². The van der Waals surface area contributed by atoms with Gasteiger partial charge < -0.3 is 20.3 Å². The van der Waals surface area contributed by atoms with Gasteiger partial charge >= 0.3 is 6.03 Å². The number of nitrogens with one attached hydrogen (secondary N) is 2. The van der Waals surface area contributed by atoms with Crippen molar-refractivity contribution in [3.8, 4) is 0 Å². The average molecular weight is 411 g/mol. The molecule has 0 aliphatic carbocycles. The number of amides is 2. The number of anilines is 1. The minimum absolute atomic E-state index is 0.142. The van der Waals surface area contributed by atoms with E-state index < -0.39 is 0 Å². The molecule has 0 aromatic heterocycles. The lowest BCUT2D eigenvalue weighted by atomic mass is 10.1. The van der Waals surface area contributed by atoms with Gasteiger partial charge in [0.2, 0.25) is 0 Å². The molecule has 0 radical (unpaired) electrons. The number of nitrogens with zero attached hydrogens (tertiary/aromatic N) is 2. The van der Waals surface area contributed by atoms with E-state index in [0.29, 0.717) is 13.1 Å². The van der Waals surface area contributed by atoms with E-state index in [2.05, 4.69) is 70.7 Å². The van der Waals surface area contributed by atoms with Gasteiger partial charge in [-0.3, -0.25) is 4.90 Å². The Kier molecular flexibility index (Phi) is 8.11. The number of rotatable bonds is 8. The van der Waals surface area contributed by atoms with Gasteiger partial charge in [0, 0.05) is 52.0 Å². The number of ether oxygens (including phenoxy) is 1. The molecule has 30 heavy (non-hydrogen) atoms. The number of carbonyl (C=O) groups excluding carboxylic acids is 1. The first-order chi connectivity index (χ1) is 14.5. The second kappa shape index (κ2) is 11.0. The van der Waals surface area contributed by atoms with E-state index in [1.807, 2.05) is 25.2 Å². The molecule has 3 rings (SSSR count). The third-order valence-electron chi connectivity index (χ3n) is 5.31. The standard InChI is InChI=1S/C24H34N4O2/c1-19-16-28(17-20(2)30-19)18-22-11-9-21(10-12-22)15-26-24(29)25-13-14-27(3)23-7-5-4-6-8-23/h4-12,19-20H,13-18H2,1-3H3,(H2,25,26,29). The molecule has 6 heteroatoms. The topological polar surface area (TPSA) is 56.8 Å². The molecular weight excluding hydrogens is 376 g/mol. The highest BCUT2D eigenvalue weighted by atomic mass is 16.5. The number of likely N-dealkylation sites (N-methyl/N-ethyl adjacent to an activating group) is 1. The summed E-state index contributed by atoms with van der Waals surface area (Å²) in [4.78, 5) is 16.6. The molecule has 1 aliphatic heterocycles. The lowest BCUT2D eigenvalue weighted by Gasteiger charge is -2.35. The number of morpholine rings is 1. The van der Waals surface area contributed by atoms with Crippen LogP contribution in [0.4, 0.5) is 10.5 Å². The molecule has 1 heterocycles. The molecule has 0 spiro atoms. The highest BCUT2D eigenvalue weighted by molar-refractivity contribution is 5.73. The van der Waals surface area contributed by atoms with Gasteiger partial charge in [-0.15, -0.1) is 0 Å². The summed E-state index contributed by atoms with van der Waals surface area (Å²) in [5.74, 6) is 0. The maximum absolute atomic E-state index is 12.1. The molecule has 1 fully saturated rings.